The first kappa shape index (κ1) is 16.0. The average molecular weight is 299 g/mol. The Balaban J connectivity index is 1.96. The predicted octanol–water partition coefficient (Wildman–Crippen LogP) is 3.11. The normalized spacial score (nSPS) is 10.5. The third-order valence-corrected chi connectivity index (χ3v) is 3.41. The van der Waals surface area contributed by atoms with E-state index in [0.29, 0.717) is 5.56 Å². The van der Waals surface area contributed by atoms with Crippen LogP contribution < -0.4 is 4.74 Å². The van der Waals surface area contributed by atoms with E-state index in [0.717, 1.165) is 24.4 Å². The smallest absolute Gasteiger partial charge is 0.337 e. The van der Waals surface area contributed by atoms with Crippen molar-refractivity contribution in [2.24, 2.45) is 0 Å². The molecule has 0 aliphatic heterocycles. The minimum absolute atomic E-state index is 0.309. The summed E-state index contributed by atoms with van der Waals surface area (Å²) in [6.07, 6.45) is 0. The molecule has 0 unspecified atom stereocenters. The minimum atomic E-state index is -0.309. The topological polar surface area (TPSA) is 38.8 Å². The molecule has 0 saturated carbocycles. The van der Waals surface area contributed by atoms with Gasteiger partial charge in [0.25, 0.3) is 0 Å². The van der Waals surface area contributed by atoms with Crippen LogP contribution in [0.1, 0.15) is 21.5 Å². The van der Waals surface area contributed by atoms with E-state index in [1.807, 2.05) is 30.3 Å². The van der Waals surface area contributed by atoms with Crippen molar-refractivity contribution in [3.63, 3.8) is 0 Å². The van der Waals surface area contributed by atoms with Gasteiger partial charge in [0.1, 0.15) is 5.75 Å². The quantitative estimate of drug-likeness (QED) is 0.768. The molecule has 0 fully saturated rings. The first-order valence-electron chi connectivity index (χ1n) is 7.11. The van der Waals surface area contributed by atoms with Gasteiger partial charge in [-0.05, 0) is 42.4 Å². The lowest BCUT2D eigenvalue weighted by Crippen LogP contribution is -2.17. The number of hydrogen-bond acceptors (Lipinski definition) is 4. The van der Waals surface area contributed by atoms with Gasteiger partial charge in [0, 0.05) is 13.1 Å². The summed E-state index contributed by atoms with van der Waals surface area (Å²) in [5, 5.41) is 0. The van der Waals surface area contributed by atoms with E-state index in [-0.39, 0.29) is 5.97 Å². The van der Waals surface area contributed by atoms with Gasteiger partial charge < -0.3 is 9.47 Å². The molecular weight excluding hydrogens is 278 g/mol. The van der Waals surface area contributed by atoms with Gasteiger partial charge in [0.2, 0.25) is 0 Å². The Bertz CT molecular complexity index is 622. The Kier molecular flexibility index (Phi) is 5.55. The van der Waals surface area contributed by atoms with Crippen molar-refractivity contribution in [1.82, 2.24) is 4.90 Å². The van der Waals surface area contributed by atoms with Gasteiger partial charge >= 0.3 is 5.97 Å². The highest BCUT2D eigenvalue weighted by Gasteiger charge is 2.06. The lowest BCUT2D eigenvalue weighted by Gasteiger charge is -2.17. The van der Waals surface area contributed by atoms with Gasteiger partial charge in [-0.15, -0.1) is 0 Å². The summed E-state index contributed by atoms with van der Waals surface area (Å²) in [5.41, 5.74) is 2.92. The maximum atomic E-state index is 11.4. The number of carbonyl (C=O) groups excluding carboxylic acids is 1. The summed E-state index contributed by atoms with van der Waals surface area (Å²) in [7, 11) is 5.12. The summed E-state index contributed by atoms with van der Waals surface area (Å²) in [6, 6.07) is 15.5. The SMILES string of the molecule is COC(=O)c1ccc(CN(C)Cc2cccc(OC)c2)cc1. The third-order valence-electron chi connectivity index (χ3n) is 3.41. The molecule has 0 amide bonds. The van der Waals surface area contributed by atoms with Crippen LogP contribution in [0.5, 0.6) is 5.75 Å². The van der Waals surface area contributed by atoms with E-state index in [9.17, 15) is 4.79 Å². The molecule has 2 aromatic carbocycles. The van der Waals surface area contributed by atoms with Crippen LogP contribution in [0.15, 0.2) is 48.5 Å². The summed E-state index contributed by atoms with van der Waals surface area (Å²) >= 11 is 0. The molecule has 0 bridgehead atoms. The lowest BCUT2D eigenvalue weighted by atomic mass is 10.1. The molecule has 22 heavy (non-hydrogen) atoms. The molecule has 0 radical (unpaired) electrons. The molecule has 4 heteroatoms. The summed E-state index contributed by atoms with van der Waals surface area (Å²) in [4.78, 5) is 13.6. The molecule has 116 valence electrons. The maximum Gasteiger partial charge on any atom is 0.337 e. The Labute approximate surface area is 131 Å². The summed E-state index contributed by atoms with van der Waals surface area (Å²) in [6.45, 7) is 1.63. The van der Waals surface area contributed by atoms with Crippen LogP contribution in [0.2, 0.25) is 0 Å². The molecule has 0 aromatic heterocycles. The second-order valence-electron chi connectivity index (χ2n) is 5.21. The molecule has 4 nitrogen and oxygen atoms in total. The zero-order valence-electron chi connectivity index (χ0n) is 13.2. The Morgan fingerprint density at radius 3 is 2.32 bits per heavy atom. The van der Waals surface area contributed by atoms with Crippen molar-refractivity contribution in [3.8, 4) is 5.75 Å². The number of hydrogen-bond donors (Lipinski definition) is 0. The summed E-state index contributed by atoms with van der Waals surface area (Å²) in [5.74, 6) is 0.560. The number of carbonyl (C=O) groups is 1. The molecule has 0 heterocycles. The number of methoxy groups -OCH3 is 2. The number of rotatable bonds is 6. The maximum absolute atomic E-state index is 11.4. The fraction of sp³-hybridized carbons (Fsp3) is 0.278. The lowest BCUT2D eigenvalue weighted by molar-refractivity contribution is 0.0600. The molecule has 2 rings (SSSR count). The van der Waals surface area contributed by atoms with Gasteiger partial charge in [0.05, 0.1) is 19.8 Å². The van der Waals surface area contributed by atoms with Crippen molar-refractivity contribution in [2.75, 3.05) is 21.3 Å². The van der Waals surface area contributed by atoms with Crippen LogP contribution in [-0.4, -0.2) is 32.1 Å². The van der Waals surface area contributed by atoms with Gasteiger partial charge in [-0.25, -0.2) is 4.79 Å². The monoisotopic (exact) mass is 299 g/mol. The van der Waals surface area contributed by atoms with Gasteiger partial charge in [0.15, 0.2) is 0 Å². The van der Waals surface area contributed by atoms with Crippen molar-refractivity contribution >= 4 is 5.97 Å². The standard InChI is InChI=1S/C18H21NO3/c1-19(13-15-5-4-6-17(11-15)21-2)12-14-7-9-16(10-8-14)18(20)22-3/h4-11H,12-13H2,1-3H3. The fourth-order valence-corrected chi connectivity index (χ4v) is 2.31. The Morgan fingerprint density at radius 2 is 1.68 bits per heavy atom. The van der Waals surface area contributed by atoms with E-state index in [4.69, 9.17) is 9.47 Å². The van der Waals surface area contributed by atoms with Gasteiger partial charge in [-0.2, -0.15) is 0 Å². The molecule has 0 aliphatic carbocycles. The third kappa shape index (κ3) is 4.33. The number of nitrogens with zero attached hydrogens (tertiary/aromatic N) is 1. The molecular formula is C18H21NO3. The fourth-order valence-electron chi connectivity index (χ4n) is 2.31. The van der Waals surface area contributed by atoms with Crippen LogP contribution in [0, 0.1) is 0 Å². The zero-order chi connectivity index (χ0) is 15.9. The number of benzene rings is 2. The molecule has 2 aromatic rings. The van der Waals surface area contributed by atoms with E-state index >= 15 is 0 Å². The summed E-state index contributed by atoms with van der Waals surface area (Å²) < 4.78 is 9.94. The van der Waals surface area contributed by atoms with E-state index in [1.54, 1.807) is 19.2 Å². The van der Waals surface area contributed by atoms with E-state index in [1.165, 1.54) is 12.7 Å². The zero-order valence-corrected chi connectivity index (χ0v) is 13.2. The van der Waals surface area contributed by atoms with Crippen molar-refractivity contribution in [2.45, 2.75) is 13.1 Å². The number of esters is 1. The Morgan fingerprint density at radius 1 is 1.00 bits per heavy atom. The van der Waals surface area contributed by atoms with Crippen LogP contribution >= 0.6 is 0 Å². The second kappa shape index (κ2) is 7.61. The largest absolute Gasteiger partial charge is 0.497 e. The molecule has 0 N–H and O–H groups in total. The van der Waals surface area contributed by atoms with Crippen molar-refractivity contribution < 1.29 is 14.3 Å². The van der Waals surface area contributed by atoms with Crippen LogP contribution in [0.4, 0.5) is 0 Å². The van der Waals surface area contributed by atoms with Crippen LogP contribution in [-0.2, 0) is 17.8 Å². The second-order valence-corrected chi connectivity index (χ2v) is 5.21. The highest BCUT2D eigenvalue weighted by Crippen LogP contribution is 2.15. The average Bonchev–Trinajstić information content (AvgIpc) is 2.55. The van der Waals surface area contributed by atoms with Crippen molar-refractivity contribution in [1.29, 1.82) is 0 Å². The first-order valence-corrected chi connectivity index (χ1v) is 7.11. The highest BCUT2D eigenvalue weighted by atomic mass is 16.5. The first-order chi connectivity index (χ1) is 10.6. The molecule has 0 aliphatic rings. The highest BCUT2D eigenvalue weighted by molar-refractivity contribution is 5.89. The van der Waals surface area contributed by atoms with Gasteiger partial charge in [-0.3, -0.25) is 4.90 Å². The van der Waals surface area contributed by atoms with Gasteiger partial charge in [-0.1, -0.05) is 24.3 Å². The van der Waals surface area contributed by atoms with Crippen LogP contribution in [0.25, 0.3) is 0 Å². The molecule has 0 atom stereocenters. The van der Waals surface area contributed by atoms with Crippen LogP contribution in [0.3, 0.4) is 0 Å². The minimum Gasteiger partial charge on any atom is -0.497 e. The molecule has 0 saturated heterocycles. The molecule has 0 spiro atoms. The number of ether oxygens (including phenoxy) is 2. The Hall–Kier alpha value is -2.33. The van der Waals surface area contributed by atoms with E-state index < -0.39 is 0 Å². The van der Waals surface area contributed by atoms with E-state index in [2.05, 4.69) is 18.0 Å². The van der Waals surface area contributed by atoms with Crippen molar-refractivity contribution in [3.05, 3.63) is 65.2 Å². The predicted molar refractivity (Wildman–Crippen MR) is 85.9 cm³/mol.